The van der Waals surface area contributed by atoms with E-state index in [1.165, 1.54) is 17.3 Å². The van der Waals surface area contributed by atoms with Gasteiger partial charge in [-0.15, -0.1) is 16.4 Å². The molecule has 4 rings (SSSR count). The molecule has 0 unspecified atom stereocenters. The quantitative estimate of drug-likeness (QED) is 0.683. The molecular weight excluding hydrogens is 366 g/mol. The first-order valence-corrected chi connectivity index (χ1v) is 9.85. The molecule has 3 aromatic rings. The van der Waals surface area contributed by atoms with Gasteiger partial charge in [0.1, 0.15) is 5.75 Å². The molecule has 1 aliphatic heterocycles. The van der Waals surface area contributed by atoms with Gasteiger partial charge in [0.05, 0.1) is 17.0 Å². The molecule has 130 valence electrons. The van der Waals surface area contributed by atoms with Crippen LogP contribution in [0.2, 0.25) is 0 Å². The first kappa shape index (κ1) is 16.8. The van der Waals surface area contributed by atoms with E-state index in [9.17, 15) is 4.79 Å². The standard InChI is InChI=1S/C19H15N3O2S2/c1-12-6-8-13(9-7-12)15-10-25-19(20-15)26-11-17-21-22-18(23)14-4-2-3-5-16(14)24-17/h2-10H,11H2,1H3,(H,22,23). The second kappa shape index (κ2) is 7.31. The molecule has 0 spiro atoms. The number of thioether (sulfide) groups is 1. The summed E-state index contributed by atoms with van der Waals surface area (Å²) in [6, 6.07) is 15.4. The van der Waals surface area contributed by atoms with E-state index in [1.807, 2.05) is 11.4 Å². The Bertz CT molecular complexity index is 980. The Labute approximate surface area is 159 Å². The Hall–Kier alpha value is -2.64. The fourth-order valence-corrected chi connectivity index (χ4v) is 4.11. The number of carbonyl (C=O) groups is 1. The zero-order chi connectivity index (χ0) is 17.9. The van der Waals surface area contributed by atoms with Crippen LogP contribution in [0, 0.1) is 6.92 Å². The molecule has 1 amide bonds. The van der Waals surface area contributed by atoms with Gasteiger partial charge in [-0.05, 0) is 19.1 Å². The number of nitrogens with one attached hydrogen (secondary N) is 1. The van der Waals surface area contributed by atoms with Gasteiger partial charge >= 0.3 is 0 Å². The third-order valence-corrected chi connectivity index (χ3v) is 5.80. The fraction of sp³-hybridized carbons (Fsp3) is 0.105. The Morgan fingerprint density at radius 1 is 1.15 bits per heavy atom. The Morgan fingerprint density at radius 2 is 1.96 bits per heavy atom. The van der Waals surface area contributed by atoms with Crippen molar-refractivity contribution in [3.05, 3.63) is 65.0 Å². The monoisotopic (exact) mass is 381 g/mol. The van der Waals surface area contributed by atoms with Crippen LogP contribution in [0.15, 0.2) is 63.4 Å². The molecule has 2 heterocycles. The first-order chi connectivity index (χ1) is 12.7. The smallest absolute Gasteiger partial charge is 0.275 e. The van der Waals surface area contributed by atoms with Crippen LogP contribution in [-0.2, 0) is 0 Å². The van der Waals surface area contributed by atoms with Crippen LogP contribution < -0.4 is 10.2 Å². The molecule has 1 aromatic heterocycles. The summed E-state index contributed by atoms with van der Waals surface area (Å²) in [6.45, 7) is 2.07. The van der Waals surface area contributed by atoms with E-state index < -0.39 is 0 Å². The molecule has 0 atom stereocenters. The van der Waals surface area contributed by atoms with E-state index in [0.29, 0.717) is 23.0 Å². The van der Waals surface area contributed by atoms with Crippen molar-refractivity contribution >= 4 is 34.9 Å². The van der Waals surface area contributed by atoms with Gasteiger partial charge in [0.2, 0.25) is 5.90 Å². The van der Waals surface area contributed by atoms with Crippen molar-refractivity contribution in [2.45, 2.75) is 11.3 Å². The lowest BCUT2D eigenvalue weighted by Gasteiger charge is -2.06. The Kier molecular flexibility index (Phi) is 4.73. The highest BCUT2D eigenvalue weighted by atomic mass is 32.2. The van der Waals surface area contributed by atoms with Crippen LogP contribution in [0.4, 0.5) is 0 Å². The number of para-hydroxylation sites is 1. The molecule has 0 saturated carbocycles. The number of ether oxygens (including phenoxy) is 1. The van der Waals surface area contributed by atoms with Gasteiger partial charge < -0.3 is 4.74 Å². The normalized spacial score (nSPS) is 13.3. The molecule has 1 aliphatic rings. The second-order valence-corrected chi connectivity index (χ2v) is 7.78. The van der Waals surface area contributed by atoms with E-state index in [4.69, 9.17) is 4.74 Å². The van der Waals surface area contributed by atoms with Crippen LogP contribution in [-0.4, -0.2) is 22.5 Å². The topological polar surface area (TPSA) is 63.6 Å². The summed E-state index contributed by atoms with van der Waals surface area (Å²) >= 11 is 3.11. The van der Waals surface area contributed by atoms with E-state index in [0.717, 1.165) is 15.6 Å². The number of hydrogen-bond acceptors (Lipinski definition) is 6. The lowest BCUT2D eigenvalue weighted by atomic mass is 10.1. The van der Waals surface area contributed by atoms with E-state index >= 15 is 0 Å². The third kappa shape index (κ3) is 3.63. The van der Waals surface area contributed by atoms with Crippen LogP contribution in [0.25, 0.3) is 11.3 Å². The van der Waals surface area contributed by atoms with Crippen molar-refractivity contribution in [2.75, 3.05) is 5.75 Å². The van der Waals surface area contributed by atoms with Gasteiger partial charge in [0, 0.05) is 10.9 Å². The van der Waals surface area contributed by atoms with Gasteiger partial charge in [-0.3, -0.25) is 4.79 Å². The highest BCUT2D eigenvalue weighted by Gasteiger charge is 2.18. The number of aryl methyl sites for hydroxylation is 1. The number of aromatic nitrogens is 1. The number of nitrogens with zero attached hydrogens (tertiary/aromatic N) is 2. The van der Waals surface area contributed by atoms with E-state index in [1.54, 1.807) is 29.5 Å². The summed E-state index contributed by atoms with van der Waals surface area (Å²) in [5, 5.41) is 6.10. The second-order valence-electron chi connectivity index (χ2n) is 5.70. The maximum absolute atomic E-state index is 12.0. The van der Waals surface area contributed by atoms with Crippen LogP contribution in [0.3, 0.4) is 0 Å². The summed E-state index contributed by atoms with van der Waals surface area (Å²) in [6.07, 6.45) is 0. The van der Waals surface area contributed by atoms with Crippen molar-refractivity contribution in [2.24, 2.45) is 5.10 Å². The lowest BCUT2D eigenvalue weighted by Crippen LogP contribution is -2.18. The molecule has 0 fully saturated rings. The van der Waals surface area contributed by atoms with Crippen LogP contribution >= 0.6 is 23.1 Å². The van der Waals surface area contributed by atoms with Crippen molar-refractivity contribution in [3.8, 4) is 17.0 Å². The lowest BCUT2D eigenvalue weighted by molar-refractivity contribution is 0.0955. The number of benzene rings is 2. The molecule has 0 radical (unpaired) electrons. The highest BCUT2D eigenvalue weighted by molar-refractivity contribution is 8.01. The fourth-order valence-electron chi connectivity index (χ4n) is 2.43. The van der Waals surface area contributed by atoms with Crippen molar-refractivity contribution in [1.29, 1.82) is 0 Å². The van der Waals surface area contributed by atoms with Crippen LogP contribution in [0.5, 0.6) is 5.75 Å². The average molecular weight is 381 g/mol. The minimum absolute atomic E-state index is 0.267. The Balaban J connectivity index is 1.45. The molecule has 26 heavy (non-hydrogen) atoms. The third-order valence-electron chi connectivity index (χ3n) is 3.79. The van der Waals surface area contributed by atoms with Gasteiger partial charge in [0.25, 0.3) is 5.91 Å². The van der Waals surface area contributed by atoms with Gasteiger partial charge in [-0.25, -0.2) is 10.4 Å². The van der Waals surface area contributed by atoms with Crippen molar-refractivity contribution < 1.29 is 9.53 Å². The molecule has 5 nitrogen and oxygen atoms in total. The van der Waals surface area contributed by atoms with Crippen LogP contribution in [0.1, 0.15) is 15.9 Å². The maximum Gasteiger partial charge on any atom is 0.275 e. The van der Waals surface area contributed by atoms with E-state index in [-0.39, 0.29) is 5.91 Å². The number of fused-ring (bicyclic) bond motifs is 1. The number of thiazole rings is 1. The molecule has 1 N–H and O–H groups in total. The molecule has 2 aromatic carbocycles. The van der Waals surface area contributed by atoms with Crippen molar-refractivity contribution in [3.63, 3.8) is 0 Å². The molecule has 0 bridgehead atoms. The summed E-state index contributed by atoms with van der Waals surface area (Å²) in [5.41, 5.74) is 6.28. The number of amides is 1. The maximum atomic E-state index is 12.0. The van der Waals surface area contributed by atoms with E-state index in [2.05, 4.69) is 46.7 Å². The van der Waals surface area contributed by atoms with Crippen molar-refractivity contribution in [1.82, 2.24) is 10.4 Å². The largest absolute Gasteiger partial charge is 0.440 e. The zero-order valence-electron chi connectivity index (χ0n) is 13.9. The molecular formula is C19H15N3O2S2. The summed E-state index contributed by atoms with van der Waals surface area (Å²) in [7, 11) is 0. The first-order valence-electron chi connectivity index (χ1n) is 7.98. The molecule has 7 heteroatoms. The molecule has 0 aliphatic carbocycles. The zero-order valence-corrected chi connectivity index (χ0v) is 15.6. The number of hydrazone groups is 1. The highest BCUT2D eigenvalue weighted by Crippen LogP contribution is 2.29. The summed E-state index contributed by atoms with van der Waals surface area (Å²) in [4.78, 5) is 16.7. The summed E-state index contributed by atoms with van der Waals surface area (Å²) in [5.74, 6) is 1.17. The minimum atomic E-state index is -0.267. The SMILES string of the molecule is Cc1ccc(-c2csc(SCC3=NNC(=O)c4ccccc4O3)n2)cc1. The number of carbonyl (C=O) groups excluding carboxylic acids is 1. The van der Waals surface area contributed by atoms with Gasteiger partial charge in [-0.2, -0.15) is 0 Å². The minimum Gasteiger partial charge on any atom is -0.440 e. The van der Waals surface area contributed by atoms with Gasteiger partial charge in [0.15, 0.2) is 4.34 Å². The number of rotatable bonds is 4. The number of hydrogen-bond donors (Lipinski definition) is 1. The molecule has 0 saturated heterocycles. The Morgan fingerprint density at radius 3 is 2.81 bits per heavy atom. The summed E-state index contributed by atoms with van der Waals surface area (Å²) < 4.78 is 6.70. The predicted molar refractivity (Wildman–Crippen MR) is 105 cm³/mol. The van der Waals surface area contributed by atoms with Gasteiger partial charge in [-0.1, -0.05) is 53.7 Å². The predicted octanol–water partition coefficient (Wildman–Crippen LogP) is 4.35. The average Bonchev–Trinajstić information content (AvgIpc) is 3.07.